The van der Waals surface area contributed by atoms with Crippen molar-refractivity contribution in [3.63, 3.8) is 0 Å². The molecule has 1 aliphatic rings. The fraction of sp³-hybridized carbons (Fsp3) is 0.545. The molecule has 0 spiro atoms. The molecule has 0 bridgehead atoms. The van der Waals surface area contributed by atoms with E-state index in [0.29, 0.717) is 13.1 Å². The summed E-state index contributed by atoms with van der Waals surface area (Å²) in [5.74, 6) is 0. The fourth-order valence-electron chi connectivity index (χ4n) is 2.01. The minimum absolute atomic E-state index is 0.0418. The quantitative estimate of drug-likeness (QED) is 0.828. The minimum atomic E-state index is -4.40. The van der Waals surface area contributed by atoms with E-state index in [-0.39, 0.29) is 24.4 Å². The lowest BCUT2D eigenvalue weighted by molar-refractivity contribution is -0.0953. The molecule has 0 aliphatic carbocycles. The number of hydrogen-bond donors (Lipinski definition) is 1. The first kappa shape index (κ1) is 16.0. The van der Waals surface area contributed by atoms with Crippen LogP contribution in [0.4, 0.5) is 13.2 Å². The van der Waals surface area contributed by atoms with E-state index < -0.39 is 21.8 Å². The van der Waals surface area contributed by atoms with Crippen LogP contribution in [0.1, 0.15) is 6.42 Å². The molecule has 21 heavy (non-hydrogen) atoms. The number of aromatic nitrogens is 2. The molecule has 1 aromatic heterocycles. The highest BCUT2D eigenvalue weighted by Gasteiger charge is 2.37. The zero-order valence-corrected chi connectivity index (χ0v) is 11.9. The molecule has 1 aromatic rings. The highest BCUT2D eigenvalue weighted by Crippen LogP contribution is 2.31. The third-order valence-corrected chi connectivity index (χ3v) is 4.96. The Kier molecular flexibility index (Phi) is 4.40. The SMILES string of the molecule is NCCn1cc(S(=O)(=O)N2CC=C(C(F)(F)F)CC2)cn1. The zero-order chi connectivity index (χ0) is 15.7. The average molecular weight is 324 g/mol. The van der Waals surface area contributed by atoms with Gasteiger partial charge < -0.3 is 5.73 Å². The first-order valence-corrected chi connectivity index (χ1v) is 7.68. The molecule has 2 N–H and O–H groups in total. The Morgan fingerprint density at radius 1 is 1.38 bits per heavy atom. The van der Waals surface area contributed by atoms with Crippen molar-refractivity contribution in [1.29, 1.82) is 0 Å². The average Bonchev–Trinajstić information content (AvgIpc) is 2.88. The normalized spacial score (nSPS) is 17.8. The van der Waals surface area contributed by atoms with Crippen LogP contribution >= 0.6 is 0 Å². The largest absolute Gasteiger partial charge is 0.412 e. The maximum absolute atomic E-state index is 12.5. The van der Waals surface area contributed by atoms with Gasteiger partial charge in [-0.05, 0) is 6.42 Å². The fourth-order valence-corrected chi connectivity index (χ4v) is 3.34. The van der Waals surface area contributed by atoms with Gasteiger partial charge in [0, 0.05) is 31.4 Å². The number of sulfonamides is 1. The summed E-state index contributed by atoms with van der Waals surface area (Å²) in [4.78, 5) is -0.0418. The summed E-state index contributed by atoms with van der Waals surface area (Å²) in [6.07, 6.45) is -1.34. The van der Waals surface area contributed by atoms with E-state index in [1.807, 2.05) is 0 Å². The summed E-state index contributed by atoms with van der Waals surface area (Å²) >= 11 is 0. The Labute approximate surface area is 120 Å². The first-order chi connectivity index (χ1) is 9.75. The lowest BCUT2D eigenvalue weighted by Gasteiger charge is -2.26. The topological polar surface area (TPSA) is 81.2 Å². The van der Waals surface area contributed by atoms with E-state index in [9.17, 15) is 21.6 Å². The van der Waals surface area contributed by atoms with Crippen molar-refractivity contribution in [2.45, 2.75) is 24.0 Å². The number of alkyl halides is 3. The van der Waals surface area contributed by atoms with Crippen LogP contribution in [0.2, 0.25) is 0 Å². The van der Waals surface area contributed by atoms with Crippen molar-refractivity contribution in [2.24, 2.45) is 5.73 Å². The molecule has 0 saturated carbocycles. The van der Waals surface area contributed by atoms with E-state index in [2.05, 4.69) is 5.10 Å². The summed E-state index contributed by atoms with van der Waals surface area (Å²) in [6.45, 7) is 0.186. The van der Waals surface area contributed by atoms with Crippen LogP contribution in [0.15, 0.2) is 28.9 Å². The predicted molar refractivity (Wildman–Crippen MR) is 68.8 cm³/mol. The van der Waals surface area contributed by atoms with Gasteiger partial charge in [0.1, 0.15) is 4.90 Å². The van der Waals surface area contributed by atoms with Crippen molar-refractivity contribution in [3.8, 4) is 0 Å². The van der Waals surface area contributed by atoms with E-state index in [0.717, 1.165) is 10.4 Å². The summed E-state index contributed by atoms with van der Waals surface area (Å²) in [7, 11) is -3.83. The van der Waals surface area contributed by atoms with E-state index in [1.54, 1.807) is 0 Å². The van der Waals surface area contributed by atoms with Crippen LogP contribution < -0.4 is 5.73 Å². The highest BCUT2D eigenvalue weighted by atomic mass is 32.2. The molecule has 6 nitrogen and oxygen atoms in total. The number of nitrogens with two attached hydrogens (primary N) is 1. The maximum Gasteiger partial charge on any atom is 0.412 e. The van der Waals surface area contributed by atoms with Crippen molar-refractivity contribution in [3.05, 3.63) is 24.0 Å². The van der Waals surface area contributed by atoms with Gasteiger partial charge in [-0.25, -0.2) is 8.42 Å². The minimum Gasteiger partial charge on any atom is -0.329 e. The molecule has 0 radical (unpaired) electrons. The molecule has 0 atom stereocenters. The smallest absolute Gasteiger partial charge is 0.329 e. The van der Waals surface area contributed by atoms with Crippen LogP contribution in [0.3, 0.4) is 0 Å². The lowest BCUT2D eigenvalue weighted by atomic mass is 10.1. The molecule has 2 heterocycles. The van der Waals surface area contributed by atoms with Crippen LogP contribution in [0.5, 0.6) is 0 Å². The first-order valence-electron chi connectivity index (χ1n) is 6.24. The molecule has 0 unspecified atom stereocenters. The molecule has 1 aliphatic heterocycles. The van der Waals surface area contributed by atoms with E-state index in [1.165, 1.54) is 17.1 Å². The molecular weight excluding hydrogens is 309 g/mol. The van der Waals surface area contributed by atoms with Crippen LogP contribution in [-0.4, -0.2) is 48.3 Å². The molecule has 0 saturated heterocycles. The van der Waals surface area contributed by atoms with Gasteiger partial charge in [0.05, 0.1) is 12.7 Å². The van der Waals surface area contributed by atoms with Crippen molar-refractivity contribution in [2.75, 3.05) is 19.6 Å². The summed E-state index contributed by atoms with van der Waals surface area (Å²) in [6, 6.07) is 0. The van der Waals surface area contributed by atoms with E-state index in [4.69, 9.17) is 5.73 Å². The Morgan fingerprint density at radius 2 is 2.10 bits per heavy atom. The van der Waals surface area contributed by atoms with Crippen LogP contribution in [0.25, 0.3) is 0 Å². The second-order valence-corrected chi connectivity index (χ2v) is 6.51. The molecule has 0 fully saturated rings. The van der Waals surface area contributed by atoms with Gasteiger partial charge in [-0.3, -0.25) is 4.68 Å². The standard InChI is InChI=1S/C11H15F3N4O2S/c12-11(13,14)9-1-4-18(5-2-9)21(19,20)10-7-16-17(8-10)6-3-15/h1,7-8H,2-6,15H2. The Balaban J connectivity index is 2.16. The monoisotopic (exact) mass is 324 g/mol. The summed E-state index contributed by atoms with van der Waals surface area (Å²) in [5, 5.41) is 3.86. The second kappa shape index (κ2) is 5.78. The van der Waals surface area contributed by atoms with E-state index >= 15 is 0 Å². The van der Waals surface area contributed by atoms with Crippen molar-refractivity contribution in [1.82, 2.24) is 14.1 Å². The lowest BCUT2D eigenvalue weighted by Crippen LogP contribution is -2.36. The Hall–Kier alpha value is -1.39. The maximum atomic E-state index is 12.5. The third kappa shape index (κ3) is 3.44. The van der Waals surface area contributed by atoms with Gasteiger partial charge in [0.2, 0.25) is 10.0 Å². The van der Waals surface area contributed by atoms with Crippen LogP contribution in [0, 0.1) is 0 Å². The number of nitrogens with zero attached hydrogens (tertiary/aromatic N) is 3. The molecule has 0 amide bonds. The Bertz CT molecular complexity index is 636. The van der Waals surface area contributed by atoms with Crippen LogP contribution in [-0.2, 0) is 16.6 Å². The second-order valence-electron chi connectivity index (χ2n) is 4.57. The summed E-state index contributed by atoms with van der Waals surface area (Å²) in [5.41, 5.74) is 4.66. The van der Waals surface area contributed by atoms with Gasteiger partial charge in [-0.1, -0.05) is 6.08 Å². The molecule has 2 rings (SSSR count). The van der Waals surface area contributed by atoms with Gasteiger partial charge in [0.15, 0.2) is 0 Å². The molecule has 0 aromatic carbocycles. The number of halogens is 3. The van der Waals surface area contributed by atoms with Gasteiger partial charge in [-0.2, -0.15) is 22.6 Å². The summed E-state index contributed by atoms with van der Waals surface area (Å²) < 4.78 is 64.5. The van der Waals surface area contributed by atoms with Gasteiger partial charge >= 0.3 is 6.18 Å². The van der Waals surface area contributed by atoms with Crippen molar-refractivity contribution < 1.29 is 21.6 Å². The van der Waals surface area contributed by atoms with Gasteiger partial charge in [0.25, 0.3) is 0 Å². The van der Waals surface area contributed by atoms with Crippen molar-refractivity contribution >= 4 is 10.0 Å². The predicted octanol–water partition coefficient (Wildman–Crippen LogP) is 0.725. The number of hydrogen-bond acceptors (Lipinski definition) is 4. The molecular formula is C11H15F3N4O2S. The highest BCUT2D eigenvalue weighted by molar-refractivity contribution is 7.89. The third-order valence-electron chi connectivity index (χ3n) is 3.14. The molecule has 118 valence electrons. The van der Waals surface area contributed by atoms with Gasteiger partial charge in [-0.15, -0.1) is 0 Å². The zero-order valence-electron chi connectivity index (χ0n) is 11.0. The number of rotatable bonds is 4. The Morgan fingerprint density at radius 3 is 2.62 bits per heavy atom. The molecule has 10 heteroatoms.